The molecule has 2 atom stereocenters. The van der Waals surface area contributed by atoms with Crippen LogP contribution >= 0.6 is 0 Å². The number of rotatable bonds is 6. The van der Waals surface area contributed by atoms with Crippen molar-refractivity contribution in [1.82, 2.24) is 10.2 Å². The molecule has 3 N–H and O–H groups in total. The fourth-order valence-electron chi connectivity index (χ4n) is 2.27. The summed E-state index contributed by atoms with van der Waals surface area (Å²) in [4.78, 5) is 2.37. The Labute approximate surface area is 94.4 Å². The van der Waals surface area contributed by atoms with Crippen molar-refractivity contribution >= 4 is 0 Å². The van der Waals surface area contributed by atoms with Gasteiger partial charge in [-0.1, -0.05) is 6.42 Å². The third-order valence-corrected chi connectivity index (χ3v) is 3.71. The summed E-state index contributed by atoms with van der Waals surface area (Å²) in [7, 11) is 2.18. The van der Waals surface area contributed by atoms with E-state index in [2.05, 4.69) is 31.1 Å². The van der Waals surface area contributed by atoms with Crippen molar-refractivity contribution in [2.45, 2.75) is 45.2 Å². The summed E-state index contributed by atoms with van der Waals surface area (Å²) in [6.45, 7) is 7.54. The van der Waals surface area contributed by atoms with Gasteiger partial charge in [-0.3, -0.25) is 0 Å². The fourth-order valence-corrected chi connectivity index (χ4v) is 2.27. The first-order valence-electron chi connectivity index (χ1n) is 6.28. The topological polar surface area (TPSA) is 41.3 Å². The monoisotopic (exact) mass is 213 g/mol. The van der Waals surface area contributed by atoms with Gasteiger partial charge in [0.2, 0.25) is 0 Å². The van der Waals surface area contributed by atoms with Crippen molar-refractivity contribution < 1.29 is 0 Å². The highest BCUT2D eigenvalue weighted by atomic mass is 15.1. The molecule has 0 aliphatic heterocycles. The number of likely N-dealkylation sites (N-methyl/N-ethyl adjacent to an activating group) is 1. The van der Waals surface area contributed by atoms with E-state index in [0.29, 0.717) is 18.0 Å². The van der Waals surface area contributed by atoms with E-state index < -0.39 is 0 Å². The fraction of sp³-hybridized carbons (Fsp3) is 1.00. The molecular formula is C12H27N3. The largest absolute Gasteiger partial charge is 0.330 e. The minimum absolute atomic E-state index is 0.640. The minimum Gasteiger partial charge on any atom is -0.330 e. The number of hydrogen-bond donors (Lipinski definition) is 2. The Hall–Kier alpha value is -0.120. The molecule has 0 radical (unpaired) electrons. The Kier molecular flexibility index (Phi) is 5.58. The molecule has 2 unspecified atom stereocenters. The maximum absolute atomic E-state index is 5.75. The molecule has 0 aromatic carbocycles. The van der Waals surface area contributed by atoms with E-state index >= 15 is 0 Å². The second kappa shape index (κ2) is 6.46. The van der Waals surface area contributed by atoms with Crippen LogP contribution in [0.1, 0.15) is 33.1 Å². The molecule has 0 heterocycles. The molecule has 3 heteroatoms. The number of nitrogens with two attached hydrogens (primary N) is 1. The summed E-state index contributed by atoms with van der Waals surface area (Å²) in [6, 6.07) is 1.32. The summed E-state index contributed by atoms with van der Waals surface area (Å²) >= 11 is 0. The molecule has 0 aromatic heterocycles. The van der Waals surface area contributed by atoms with Crippen molar-refractivity contribution in [3.05, 3.63) is 0 Å². The van der Waals surface area contributed by atoms with Crippen LogP contribution in [0, 0.1) is 5.92 Å². The van der Waals surface area contributed by atoms with Gasteiger partial charge < -0.3 is 16.0 Å². The summed E-state index contributed by atoms with van der Waals surface area (Å²) in [5.74, 6) is 0.717. The van der Waals surface area contributed by atoms with Crippen LogP contribution in [0.15, 0.2) is 0 Å². The van der Waals surface area contributed by atoms with Crippen LogP contribution < -0.4 is 11.1 Å². The number of nitrogens with one attached hydrogen (secondary N) is 1. The molecule has 15 heavy (non-hydrogen) atoms. The van der Waals surface area contributed by atoms with Crippen LogP contribution in [0.4, 0.5) is 0 Å². The van der Waals surface area contributed by atoms with E-state index in [4.69, 9.17) is 5.73 Å². The molecule has 90 valence electrons. The molecular weight excluding hydrogens is 186 g/mol. The Bertz CT molecular complexity index is 170. The molecule has 0 bridgehead atoms. The van der Waals surface area contributed by atoms with Gasteiger partial charge >= 0.3 is 0 Å². The molecule has 0 amide bonds. The normalized spacial score (nSPS) is 26.8. The highest BCUT2D eigenvalue weighted by molar-refractivity contribution is 4.83. The second-order valence-corrected chi connectivity index (χ2v) is 5.06. The highest BCUT2D eigenvalue weighted by Crippen LogP contribution is 2.24. The van der Waals surface area contributed by atoms with Crippen LogP contribution in [-0.2, 0) is 0 Å². The van der Waals surface area contributed by atoms with E-state index in [1.807, 2.05) is 0 Å². The van der Waals surface area contributed by atoms with Crippen molar-refractivity contribution in [1.29, 1.82) is 0 Å². The van der Waals surface area contributed by atoms with Crippen LogP contribution in [0.2, 0.25) is 0 Å². The van der Waals surface area contributed by atoms with Crippen molar-refractivity contribution in [2.75, 3.05) is 26.7 Å². The van der Waals surface area contributed by atoms with Gasteiger partial charge in [0.1, 0.15) is 0 Å². The maximum Gasteiger partial charge on any atom is 0.0108 e. The highest BCUT2D eigenvalue weighted by Gasteiger charge is 2.25. The van der Waals surface area contributed by atoms with Gasteiger partial charge in [0.05, 0.1) is 0 Å². The Morgan fingerprint density at radius 1 is 1.40 bits per heavy atom. The molecule has 1 fully saturated rings. The lowest BCUT2D eigenvalue weighted by Gasteiger charge is -2.24. The third kappa shape index (κ3) is 4.09. The predicted octanol–water partition coefficient (Wildman–Crippen LogP) is 1.04. The smallest absolute Gasteiger partial charge is 0.0108 e. The van der Waals surface area contributed by atoms with E-state index in [1.165, 1.54) is 19.3 Å². The van der Waals surface area contributed by atoms with Crippen LogP contribution in [-0.4, -0.2) is 43.7 Å². The lowest BCUT2D eigenvalue weighted by Crippen LogP contribution is -2.41. The Morgan fingerprint density at radius 3 is 2.73 bits per heavy atom. The lowest BCUT2D eigenvalue weighted by molar-refractivity contribution is 0.263. The quantitative estimate of drug-likeness (QED) is 0.693. The van der Waals surface area contributed by atoms with Gasteiger partial charge in [-0.2, -0.15) is 0 Å². The predicted molar refractivity (Wildman–Crippen MR) is 66.0 cm³/mol. The van der Waals surface area contributed by atoms with E-state index in [1.54, 1.807) is 0 Å². The number of nitrogens with zero attached hydrogens (tertiary/aromatic N) is 1. The van der Waals surface area contributed by atoms with Gasteiger partial charge in [0.15, 0.2) is 0 Å². The number of hydrogen-bond acceptors (Lipinski definition) is 3. The molecule has 1 aliphatic rings. The van der Waals surface area contributed by atoms with Crippen molar-refractivity contribution in [3.63, 3.8) is 0 Å². The molecule has 1 rings (SSSR count). The first-order valence-corrected chi connectivity index (χ1v) is 6.28. The van der Waals surface area contributed by atoms with Gasteiger partial charge in [0.25, 0.3) is 0 Å². The van der Waals surface area contributed by atoms with Crippen molar-refractivity contribution in [2.24, 2.45) is 11.7 Å². The molecule has 1 aliphatic carbocycles. The second-order valence-electron chi connectivity index (χ2n) is 5.06. The standard InChI is InChI=1S/C12H27N3/c1-10(2)15(3)8-7-14-12-6-4-5-11(12)9-13/h10-12,14H,4-9,13H2,1-3H3. The Balaban J connectivity index is 2.14. The van der Waals surface area contributed by atoms with E-state index in [-0.39, 0.29) is 0 Å². The summed E-state index contributed by atoms with van der Waals surface area (Å²) in [6.07, 6.45) is 3.97. The SMILES string of the molecule is CC(C)N(C)CCNC1CCCC1CN. The van der Waals surface area contributed by atoms with Gasteiger partial charge in [-0.25, -0.2) is 0 Å². The van der Waals surface area contributed by atoms with Crippen LogP contribution in [0.5, 0.6) is 0 Å². The summed E-state index contributed by atoms with van der Waals surface area (Å²) < 4.78 is 0. The average Bonchev–Trinajstić information content (AvgIpc) is 2.65. The summed E-state index contributed by atoms with van der Waals surface area (Å²) in [5, 5.41) is 3.65. The zero-order valence-corrected chi connectivity index (χ0v) is 10.5. The van der Waals surface area contributed by atoms with Gasteiger partial charge in [-0.15, -0.1) is 0 Å². The molecule has 0 saturated heterocycles. The minimum atomic E-state index is 0.640. The molecule has 0 aromatic rings. The van der Waals surface area contributed by atoms with E-state index in [0.717, 1.165) is 19.6 Å². The first kappa shape index (κ1) is 12.9. The zero-order chi connectivity index (χ0) is 11.3. The van der Waals surface area contributed by atoms with Gasteiger partial charge in [0, 0.05) is 25.2 Å². The molecule has 3 nitrogen and oxygen atoms in total. The lowest BCUT2D eigenvalue weighted by atomic mass is 10.0. The Morgan fingerprint density at radius 2 is 2.13 bits per heavy atom. The van der Waals surface area contributed by atoms with E-state index in [9.17, 15) is 0 Å². The zero-order valence-electron chi connectivity index (χ0n) is 10.5. The van der Waals surface area contributed by atoms with Crippen LogP contribution in [0.3, 0.4) is 0 Å². The van der Waals surface area contributed by atoms with Gasteiger partial charge in [-0.05, 0) is 46.2 Å². The third-order valence-electron chi connectivity index (χ3n) is 3.71. The molecule has 1 saturated carbocycles. The molecule has 0 spiro atoms. The average molecular weight is 213 g/mol. The maximum atomic E-state index is 5.75. The van der Waals surface area contributed by atoms with Crippen LogP contribution in [0.25, 0.3) is 0 Å². The first-order chi connectivity index (χ1) is 7.15. The van der Waals surface area contributed by atoms with Crippen molar-refractivity contribution in [3.8, 4) is 0 Å². The summed E-state index contributed by atoms with van der Waals surface area (Å²) in [5.41, 5.74) is 5.75.